The zero-order valence-corrected chi connectivity index (χ0v) is 17.9. The van der Waals surface area contributed by atoms with Crippen molar-refractivity contribution in [2.75, 3.05) is 52.0 Å². The van der Waals surface area contributed by atoms with Gasteiger partial charge in [-0.25, -0.2) is 9.78 Å². The van der Waals surface area contributed by atoms with E-state index >= 15 is 0 Å². The highest BCUT2D eigenvalue weighted by molar-refractivity contribution is 7.20. The van der Waals surface area contributed by atoms with Crippen LogP contribution in [0.1, 0.15) is 29.1 Å². The zero-order chi connectivity index (χ0) is 20.0. The lowest BCUT2D eigenvalue weighted by Crippen LogP contribution is -2.31. The number of aryl methyl sites for hydroxylation is 1. The number of fused-ring (bicyclic) bond motifs is 1. The summed E-state index contributed by atoms with van der Waals surface area (Å²) < 4.78 is 15.8. The van der Waals surface area contributed by atoms with Crippen LogP contribution < -0.4 is 4.90 Å². The first-order chi connectivity index (χ1) is 12.9. The fraction of sp³-hybridized carbons (Fsp3) is 0.611. The van der Waals surface area contributed by atoms with Crippen LogP contribution in [0.5, 0.6) is 0 Å². The minimum absolute atomic E-state index is 0.140. The maximum Gasteiger partial charge on any atom is 0.348 e. The number of hydrogen-bond acceptors (Lipinski definition) is 8. The number of ether oxygens (including phenoxy) is 3. The zero-order valence-electron chi connectivity index (χ0n) is 16.4. The number of thiophene rings is 1. The van der Waals surface area contributed by atoms with Gasteiger partial charge in [0.05, 0.1) is 25.2 Å². The molecule has 9 heteroatoms. The van der Waals surface area contributed by atoms with Crippen molar-refractivity contribution < 1.29 is 19.0 Å². The Morgan fingerprint density at radius 3 is 2.37 bits per heavy atom. The number of methoxy groups -OCH3 is 2. The number of esters is 1. The van der Waals surface area contributed by atoms with Crippen LogP contribution in [0.3, 0.4) is 0 Å². The summed E-state index contributed by atoms with van der Waals surface area (Å²) in [5, 5.41) is 0.953. The second-order valence-electron chi connectivity index (χ2n) is 6.52. The highest BCUT2D eigenvalue weighted by atomic mass is 35.5. The van der Waals surface area contributed by atoms with Crippen molar-refractivity contribution in [3.63, 3.8) is 0 Å². The van der Waals surface area contributed by atoms with Crippen molar-refractivity contribution in [3.05, 3.63) is 15.7 Å². The average molecular weight is 416 g/mol. The topological polar surface area (TPSA) is 73.8 Å². The predicted octanol–water partition coefficient (Wildman–Crippen LogP) is 3.57. The minimum Gasteiger partial charge on any atom is -0.461 e. The number of carbonyl (C=O) groups is 1. The molecule has 0 amide bonds. The smallest absolute Gasteiger partial charge is 0.348 e. The number of anilines is 1. The summed E-state index contributed by atoms with van der Waals surface area (Å²) >= 11 is 7.44. The molecule has 0 radical (unpaired) electrons. The molecule has 0 saturated heterocycles. The Labute approximate surface area is 168 Å². The fourth-order valence-corrected chi connectivity index (χ4v) is 3.83. The molecule has 2 aromatic heterocycles. The van der Waals surface area contributed by atoms with Gasteiger partial charge in [-0.15, -0.1) is 11.3 Å². The second kappa shape index (κ2) is 10.2. The van der Waals surface area contributed by atoms with Gasteiger partial charge in [0, 0.05) is 27.3 Å². The molecule has 0 fully saturated rings. The highest BCUT2D eigenvalue weighted by Crippen LogP contribution is 2.36. The molecule has 0 saturated carbocycles. The highest BCUT2D eigenvalue weighted by Gasteiger charge is 2.24. The van der Waals surface area contributed by atoms with Crippen LogP contribution >= 0.6 is 22.9 Å². The van der Waals surface area contributed by atoms with Crippen molar-refractivity contribution >= 4 is 44.9 Å². The Hall–Kier alpha value is -1.48. The van der Waals surface area contributed by atoms with Gasteiger partial charge in [0.1, 0.15) is 15.5 Å². The van der Waals surface area contributed by atoms with Gasteiger partial charge in [-0.2, -0.15) is 4.98 Å². The largest absolute Gasteiger partial charge is 0.461 e. The van der Waals surface area contributed by atoms with Gasteiger partial charge in [0.2, 0.25) is 5.28 Å². The molecule has 0 bridgehead atoms. The van der Waals surface area contributed by atoms with Gasteiger partial charge in [-0.3, -0.25) is 0 Å². The molecule has 0 aromatic carbocycles. The first-order valence-electron chi connectivity index (χ1n) is 8.75. The molecule has 27 heavy (non-hydrogen) atoms. The van der Waals surface area contributed by atoms with E-state index in [0.29, 0.717) is 48.4 Å². The van der Waals surface area contributed by atoms with Crippen molar-refractivity contribution in [1.82, 2.24) is 9.97 Å². The molecule has 2 heterocycles. The third-order valence-electron chi connectivity index (χ3n) is 3.91. The van der Waals surface area contributed by atoms with E-state index in [1.165, 1.54) is 11.3 Å². The molecule has 0 N–H and O–H groups in total. The summed E-state index contributed by atoms with van der Waals surface area (Å²) in [5.74, 6) is 0.606. The third kappa shape index (κ3) is 5.51. The van der Waals surface area contributed by atoms with Crippen molar-refractivity contribution in [3.8, 4) is 0 Å². The molecule has 0 aliphatic rings. The van der Waals surface area contributed by atoms with Crippen LogP contribution in [0.4, 0.5) is 5.82 Å². The number of hydrogen-bond donors (Lipinski definition) is 0. The first kappa shape index (κ1) is 21.8. The molecule has 0 aliphatic carbocycles. The monoisotopic (exact) mass is 415 g/mol. The summed E-state index contributed by atoms with van der Waals surface area (Å²) in [7, 11) is 3.30. The van der Waals surface area contributed by atoms with Crippen LogP contribution in [0.15, 0.2) is 0 Å². The third-order valence-corrected chi connectivity index (χ3v) is 5.24. The molecule has 2 rings (SSSR count). The molecule has 0 atom stereocenters. The Kier molecular flexibility index (Phi) is 8.22. The number of rotatable bonds is 10. The lowest BCUT2D eigenvalue weighted by molar-refractivity contribution is 0.0464. The minimum atomic E-state index is -0.341. The van der Waals surface area contributed by atoms with Gasteiger partial charge < -0.3 is 19.1 Å². The van der Waals surface area contributed by atoms with Gasteiger partial charge in [-0.1, -0.05) is 13.8 Å². The molecule has 7 nitrogen and oxygen atoms in total. The molecule has 0 unspecified atom stereocenters. The molecule has 150 valence electrons. The Morgan fingerprint density at radius 1 is 1.19 bits per heavy atom. The summed E-state index contributed by atoms with van der Waals surface area (Å²) in [6.07, 6.45) is 0. The quantitative estimate of drug-likeness (QED) is 0.433. The number of halogens is 1. The summed E-state index contributed by atoms with van der Waals surface area (Å²) in [6.45, 7) is 8.54. The van der Waals surface area contributed by atoms with Gasteiger partial charge in [-0.05, 0) is 30.0 Å². The number of carbonyl (C=O) groups excluding carboxylic acids is 1. The standard InChI is InChI=1S/C18H26ClN3O4S/c1-11(2)10-26-17(23)14-12(3)13-15(20-18(19)21-16(13)27-14)22(6-8-24-4)7-9-25-5/h11H,6-10H2,1-5H3. The number of aromatic nitrogens is 2. The van der Waals surface area contributed by atoms with Gasteiger partial charge in [0.25, 0.3) is 0 Å². The van der Waals surface area contributed by atoms with E-state index in [9.17, 15) is 4.79 Å². The van der Waals surface area contributed by atoms with Crippen LogP contribution in [-0.2, 0) is 14.2 Å². The Bertz CT molecular complexity index is 774. The number of nitrogens with zero attached hydrogens (tertiary/aromatic N) is 3. The average Bonchev–Trinajstić information content (AvgIpc) is 2.95. The molecular weight excluding hydrogens is 390 g/mol. The van der Waals surface area contributed by atoms with E-state index in [-0.39, 0.29) is 17.2 Å². The van der Waals surface area contributed by atoms with E-state index in [2.05, 4.69) is 9.97 Å². The van der Waals surface area contributed by atoms with E-state index in [1.807, 2.05) is 25.7 Å². The molecular formula is C18H26ClN3O4S. The second-order valence-corrected chi connectivity index (χ2v) is 7.85. The SMILES string of the molecule is COCCN(CCOC)c1nc(Cl)nc2sc(C(=O)OCC(C)C)c(C)c12. The van der Waals surface area contributed by atoms with E-state index < -0.39 is 0 Å². The van der Waals surface area contributed by atoms with E-state index in [0.717, 1.165) is 10.9 Å². The van der Waals surface area contributed by atoms with Crippen LogP contribution in [0.2, 0.25) is 5.28 Å². The summed E-state index contributed by atoms with van der Waals surface area (Å²) in [4.78, 5) is 24.5. The van der Waals surface area contributed by atoms with E-state index in [4.69, 9.17) is 25.8 Å². The maximum absolute atomic E-state index is 12.5. The van der Waals surface area contributed by atoms with Crippen LogP contribution in [0, 0.1) is 12.8 Å². The summed E-state index contributed by atoms with van der Waals surface area (Å²) in [5.41, 5.74) is 0.801. The van der Waals surface area contributed by atoms with Crippen LogP contribution in [-0.4, -0.2) is 63.1 Å². The van der Waals surface area contributed by atoms with Gasteiger partial charge >= 0.3 is 5.97 Å². The Morgan fingerprint density at radius 2 is 1.81 bits per heavy atom. The van der Waals surface area contributed by atoms with Crippen LogP contribution in [0.25, 0.3) is 10.2 Å². The lowest BCUT2D eigenvalue weighted by atomic mass is 10.2. The van der Waals surface area contributed by atoms with Gasteiger partial charge in [0.15, 0.2) is 0 Å². The maximum atomic E-state index is 12.5. The van der Waals surface area contributed by atoms with E-state index in [1.54, 1.807) is 14.2 Å². The fourth-order valence-electron chi connectivity index (χ4n) is 2.55. The summed E-state index contributed by atoms with van der Waals surface area (Å²) in [6, 6.07) is 0. The molecule has 2 aromatic rings. The predicted molar refractivity (Wildman–Crippen MR) is 108 cm³/mol. The van der Waals surface area contributed by atoms with Crippen molar-refractivity contribution in [1.29, 1.82) is 0 Å². The molecule has 0 aliphatic heterocycles. The molecule has 0 spiro atoms. The van der Waals surface area contributed by atoms with Crippen molar-refractivity contribution in [2.45, 2.75) is 20.8 Å². The Balaban J connectivity index is 2.47. The van der Waals surface area contributed by atoms with Crippen molar-refractivity contribution in [2.24, 2.45) is 5.92 Å². The normalized spacial score (nSPS) is 11.4. The first-order valence-corrected chi connectivity index (χ1v) is 9.95. The lowest BCUT2D eigenvalue weighted by Gasteiger charge is -2.24.